The monoisotopic (exact) mass is 291 g/mol. The standard InChI is InChI=1S/C14H17N3O4/c1-19-10-3-8(4-11(6-10)20-2)13-16-14(21-17-13)12-5-9(18)7-15-12/h3-4,6,9,12,15,18H,5,7H2,1-2H3/t9-,12+/m0/s1. The molecule has 0 radical (unpaired) electrons. The van der Waals surface area contributed by atoms with Gasteiger partial charge in [0, 0.05) is 18.2 Å². The summed E-state index contributed by atoms with van der Waals surface area (Å²) < 4.78 is 15.7. The maximum Gasteiger partial charge on any atom is 0.244 e. The summed E-state index contributed by atoms with van der Waals surface area (Å²) in [5.74, 6) is 2.25. The van der Waals surface area contributed by atoms with Gasteiger partial charge in [0.1, 0.15) is 11.5 Å². The van der Waals surface area contributed by atoms with Gasteiger partial charge in [0.15, 0.2) is 0 Å². The molecule has 7 nitrogen and oxygen atoms in total. The normalized spacial score (nSPS) is 21.5. The maximum atomic E-state index is 9.54. The first-order chi connectivity index (χ1) is 10.2. The fourth-order valence-corrected chi connectivity index (χ4v) is 2.34. The van der Waals surface area contributed by atoms with Crippen LogP contribution in [0.25, 0.3) is 11.4 Å². The van der Waals surface area contributed by atoms with Crippen LogP contribution >= 0.6 is 0 Å². The molecule has 7 heteroatoms. The highest BCUT2D eigenvalue weighted by Gasteiger charge is 2.28. The molecule has 0 saturated carbocycles. The third-order valence-electron chi connectivity index (χ3n) is 3.46. The fraction of sp³-hybridized carbons (Fsp3) is 0.429. The van der Waals surface area contributed by atoms with E-state index in [0.29, 0.717) is 36.2 Å². The third-order valence-corrected chi connectivity index (χ3v) is 3.46. The number of hydrogen-bond donors (Lipinski definition) is 2. The van der Waals surface area contributed by atoms with Crippen molar-refractivity contribution < 1.29 is 19.1 Å². The van der Waals surface area contributed by atoms with Gasteiger partial charge in [-0.15, -0.1) is 0 Å². The van der Waals surface area contributed by atoms with E-state index in [0.717, 1.165) is 5.56 Å². The maximum absolute atomic E-state index is 9.54. The Morgan fingerprint density at radius 1 is 1.24 bits per heavy atom. The number of hydrogen-bond acceptors (Lipinski definition) is 7. The van der Waals surface area contributed by atoms with Crippen LogP contribution in [0.5, 0.6) is 11.5 Å². The van der Waals surface area contributed by atoms with Crippen LogP contribution in [0, 0.1) is 0 Å². The Bertz CT molecular complexity index is 606. The second-order valence-electron chi connectivity index (χ2n) is 4.91. The molecular formula is C14H17N3O4. The lowest BCUT2D eigenvalue weighted by atomic mass is 10.2. The van der Waals surface area contributed by atoms with E-state index in [1.165, 1.54) is 0 Å². The Balaban J connectivity index is 1.89. The molecular weight excluding hydrogens is 274 g/mol. The minimum absolute atomic E-state index is 0.103. The molecule has 0 unspecified atom stereocenters. The lowest BCUT2D eigenvalue weighted by Crippen LogP contribution is -2.15. The quantitative estimate of drug-likeness (QED) is 0.873. The summed E-state index contributed by atoms with van der Waals surface area (Å²) in [7, 11) is 3.17. The van der Waals surface area contributed by atoms with Gasteiger partial charge >= 0.3 is 0 Å². The number of benzene rings is 1. The molecule has 0 aliphatic carbocycles. The second kappa shape index (κ2) is 5.71. The predicted molar refractivity (Wildman–Crippen MR) is 74.2 cm³/mol. The Labute approximate surface area is 121 Å². The van der Waals surface area contributed by atoms with Gasteiger partial charge in [-0.25, -0.2) is 0 Å². The highest BCUT2D eigenvalue weighted by molar-refractivity contribution is 5.60. The van der Waals surface area contributed by atoms with E-state index in [4.69, 9.17) is 14.0 Å². The van der Waals surface area contributed by atoms with E-state index in [2.05, 4.69) is 15.5 Å². The van der Waals surface area contributed by atoms with Crippen molar-refractivity contribution >= 4 is 0 Å². The van der Waals surface area contributed by atoms with E-state index >= 15 is 0 Å². The molecule has 1 aromatic carbocycles. The van der Waals surface area contributed by atoms with Gasteiger partial charge < -0.3 is 24.4 Å². The first-order valence-corrected chi connectivity index (χ1v) is 6.68. The van der Waals surface area contributed by atoms with Crippen molar-refractivity contribution in [3.05, 3.63) is 24.1 Å². The number of aliphatic hydroxyl groups is 1. The van der Waals surface area contributed by atoms with Crippen LogP contribution in [-0.2, 0) is 0 Å². The molecule has 1 aliphatic heterocycles. The van der Waals surface area contributed by atoms with Crippen LogP contribution in [-0.4, -0.2) is 42.1 Å². The molecule has 1 aliphatic rings. The van der Waals surface area contributed by atoms with Crippen LogP contribution in [0.3, 0.4) is 0 Å². The minimum Gasteiger partial charge on any atom is -0.497 e. The molecule has 112 valence electrons. The topological polar surface area (TPSA) is 89.6 Å². The van der Waals surface area contributed by atoms with Crippen LogP contribution in [0.2, 0.25) is 0 Å². The predicted octanol–water partition coefficient (Wildman–Crippen LogP) is 1.15. The molecule has 1 saturated heterocycles. The average Bonchev–Trinajstić information content (AvgIpc) is 3.15. The van der Waals surface area contributed by atoms with Gasteiger partial charge in [-0.05, 0) is 18.6 Å². The Morgan fingerprint density at radius 3 is 2.52 bits per heavy atom. The summed E-state index contributed by atoms with van der Waals surface area (Å²) in [6.07, 6.45) is 0.200. The molecule has 1 aromatic heterocycles. The molecule has 2 aromatic rings. The number of ether oxygens (including phenoxy) is 2. The average molecular weight is 291 g/mol. The van der Waals surface area contributed by atoms with E-state index in [9.17, 15) is 5.11 Å². The van der Waals surface area contributed by atoms with E-state index < -0.39 is 0 Å². The zero-order valence-electron chi connectivity index (χ0n) is 11.9. The molecule has 1 fully saturated rings. The van der Waals surface area contributed by atoms with Crippen molar-refractivity contribution in [1.29, 1.82) is 0 Å². The van der Waals surface area contributed by atoms with Crippen molar-refractivity contribution in [1.82, 2.24) is 15.5 Å². The van der Waals surface area contributed by atoms with Crippen LogP contribution in [0.4, 0.5) is 0 Å². The number of aromatic nitrogens is 2. The molecule has 0 amide bonds. The third kappa shape index (κ3) is 2.84. The summed E-state index contributed by atoms with van der Waals surface area (Å²) in [6, 6.07) is 5.30. The van der Waals surface area contributed by atoms with Gasteiger partial charge in [0.05, 0.1) is 26.4 Å². The van der Waals surface area contributed by atoms with Crippen molar-refractivity contribution in [3.8, 4) is 22.9 Å². The molecule has 0 spiro atoms. The first-order valence-electron chi connectivity index (χ1n) is 6.68. The van der Waals surface area contributed by atoms with Crippen LogP contribution in [0.15, 0.2) is 22.7 Å². The zero-order valence-corrected chi connectivity index (χ0v) is 11.9. The van der Waals surface area contributed by atoms with E-state index in [1.54, 1.807) is 20.3 Å². The molecule has 3 rings (SSSR count). The van der Waals surface area contributed by atoms with Gasteiger partial charge in [-0.2, -0.15) is 4.98 Å². The van der Waals surface area contributed by atoms with Gasteiger partial charge in [-0.3, -0.25) is 0 Å². The van der Waals surface area contributed by atoms with Crippen LogP contribution < -0.4 is 14.8 Å². The van der Waals surface area contributed by atoms with Gasteiger partial charge in [0.25, 0.3) is 0 Å². The lowest BCUT2D eigenvalue weighted by Gasteiger charge is -2.05. The summed E-state index contributed by atoms with van der Waals surface area (Å²) >= 11 is 0. The Kier molecular flexibility index (Phi) is 3.76. The van der Waals surface area contributed by atoms with Crippen molar-refractivity contribution in [2.24, 2.45) is 0 Å². The highest BCUT2D eigenvalue weighted by Crippen LogP contribution is 2.29. The SMILES string of the molecule is COc1cc(OC)cc(-c2noc([C@H]3C[C@H](O)CN3)n2)c1. The number of methoxy groups -OCH3 is 2. The molecule has 2 N–H and O–H groups in total. The fourth-order valence-electron chi connectivity index (χ4n) is 2.34. The largest absolute Gasteiger partial charge is 0.497 e. The smallest absolute Gasteiger partial charge is 0.244 e. The van der Waals surface area contributed by atoms with Crippen molar-refractivity contribution in [3.63, 3.8) is 0 Å². The number of β-amino-alcohol motifs (C(OH)–C–C–N with tert-alkyl or cyclic N) is 1. The highest BCUT2D eigenvalue weighted by atomic mass is 16.5. The second-order valence-corrected chi connectivity index (χ2v) is 4.91. The summed E-state index contributed by atoms with van der Waals surface area (Å²) in [5, 5.41) is 16.7. The van der Waals surface area contributed by atoms with Crippen molar-refractivity contribution in [2.45, 2.75) is 18.6 Å². The first kappa shape index (κ1) is 13.8. The molecule has 2 heterocycles. The minimum atomic E-state index is -0.373. The van der Waals surface area contributed by atoms with Gasteiger partial charge in [-0.1, -0.05) is 5.16 Å². The Morgan fingerprint density at radius 2 is 1.95 bits per heavy atom. The summed E-state index contributed by atoms with van der Waals surface area (Å²) in [6.45, 7) is 0.537. The van der Waals surface area contributed by atoms with E-state index in [1.807, 2.05) is 12.1 Å². The number of aliphatic hydroxyl groups excluding tert-OH is 1. The number of nitrogens with zero attached hydrogens (tertiary/aromatic N) is 2. The summed E-state index contributed by atoms with van der Waals surface area (Å²) in [5.41, 5.74) is 0.750. The molecule has 21 heavy (non-hydrogen) atoms. The number of nitrogens with one attached hydrogen (secondary N) is 1. The summed E-state index contributed by atoms with van der Waals surface area (Å²) in [4.78, 5) is 4.39. The van der Waals surface area contributed by atoms with Crippen LogP contribution in [0.1, 0.15) is 18.4 Å². The Hall–Kier alpha value is -2.12. The number of rotatable bonds is 4. The van der Waals surface area contributed by atoms with Gasteiger partial charge in [0.2, 0.25) is 11.7 Å². The zero-order chi connectivity index (χ0) is 14.8. The molecule has 0 bridgehead atoms. The van der Waals surface area contributed by atoms with E-state index in [-0.39, 0.29) is 12.1 Å². The van der Waals surface area contributed by atoms with Crippen molar-refractivity contribution in [2.75, 3.05) is 20.8 Å². The molecule has 2 atom stereocenters. The lowest BCUT2D eigenvalue weighted by molar-refractivity contribution is 0.191.